The molecule has 6 nitrogen and oxygen atoms in total. The first-order valence-electron chi connectivity index (χ1n) is 4.60. The fourth-order valence-electron chi connectivity index (χ4n) is 1.31. The van der Waals surface area contributed by atoms with E-state index in [0.717, 1.165) is 6.07 Å². The molecule has 0 unspecified atom stereocenters. The number of hydrogen-bond acceptors (Lipinski definition) is 4. The van der Waals surface area contributed by atoms with Gasteiger partial charge in [0.05, 0.1) is 10.5 Å². The van der Waals surface area contributed by atoms with Crippen LogP contribution in [0.15, 0.2) is 18.2 Å². The number of carboxylic acid groups (broad SMARTS) is 1. The Bertz CT molecular complexity index is 486. The van der Waals surface area contributed by atoms with E-state index in [1.165, 1.54) is 12.1 Å². The van der Waals surface area contributed by atoms with Crippen LogP contribution >= 0.6 is 11.6 Å². The highest BCUT2D eigenvalue weighted by atomic mass is 35.5. The number of aromatic carboxylic acids is 1. The minimum Gasteiger partial charge on any atom is -0.478 e. The molecule has 1 aromatic carbocycles. The van der Waals surface area contributed by atoms with Crippen molar-refractivity contribution in [3.05, 3.63) is 39.4 Å². The van der Waals surface area contributed by atoms with E-state index in [-0.39, 0.29) is 29.7 Å². The number of aryl methyl sites for hydroxylation is 1. The summed E-state index contributed by atoms with van der Waals surface area (Å²) in [5.74, 6) is -1.24. The quantitative estimate of drug-likeness (QED) is 0.494. The van der Waals surface area contributed by atoms with Crippen LogP contribution in [0.25, 0.3) is 0 Å². The summed E-state index contributed by atoms with van der Waals surface area (Å²) in [6.07, 6.45) is 0.0767. The summed E-state index contributed by atoms with van der Waals surface area (Å²) in [6.45, 7) is 0. The predicted octanol–water partition coefficient (Wildman–Crippen LogP) is 1.99. The number of carboxylic acids is 1. The van der Waals surface area contributed by atoms with Crippen LogP contribution in [-0.2, 0) is 11.2 Å². The molecular weight excluding hydrogens is 250 g/mol. The Hall–Kier alpha value is -1.95. The summed E-state index contributed by atoms with van der Waals surface area (Å²) >= 11 is 5.14. The minimum absolute atomic E-state index is 0.0329. The zero-order valence-corrected chi connectivity index (χ0v) is 9.31. The average Bonchev–Trinajstić information content (AvgIpc) is 2.25. The standard InChI is InChI=1S/C10H8ClNO5/c11-9(13)4-3-6-1-2-7(10(14)15)5-8(6)12(16)17/h1-2,5H,3-4H2,(H,14,15). The van der Waals surface area contributed by atoms with E-state index in [2.05, 4.69) is 0 Å². The van der Waals surface area contributed by atoms with Crippen LogP contribution in [0.1, 0.15) is 22.3 Å². The van der Waals surface area contributed by atoms with E-state index in [0.29, 0.717) is 0 Å². The third kappa shape index (κ3) is 3.53. The molecule has 0 radical (unpaired) electrons. The van der Waals surface area contributed by atoms with Gasteiger partial charge in [-0.15, -0.1) is 0 Å². The molecule has 1 rings (SSSR count). The van der Waals surface area contributed by atoms with Crippen LogP contribution in [0.4, 0.5) is 5.69 Å². The molecule has 0 fully saturated rings. The Morgan fingerprint density at radius 3 is 2.53 bits per heavy atom. The van der Waals surface area contributed by atoms with Crippen molar-refractivity contribution in [2.24, 2.45) is 0 Å². The Labute approximate surface area is 101 Å². The van der Waals surface area contributed by atoms with Crippen LogP contribution in [-0.4, -0.2) is 21.2 Å². The van der Waals surface area contributed by atoms with Crippen LogP contribution in [0.5, 0.6) is 0 Å². The van der Waals surface area contributed by atoms with Crippen molar-refractivity contribution in [2.75, 3.05) is 0 Å². The molecule has 17 heavy (non-hydrogen) atoms. The molecule has 0 spiro atoms. The van der Waals surface area contributed by atoms with E-state index < -0.39 is 16.1 Å². The second kappa shape index (κ2) is 5.40. The first-order chi connectivity index (χ1) is 7.91. The Kier molecular flexibility index (Phi) is 4.17. The van der Waals surface area contributed by atoms with Crippen molar-refractivity contribution in [1.82, 2.24) is 0 Å². The normalized spacial score (nSPS) is 9.94. The number of halogens is 1. The number of nitro benzene ring substituents is 1. The van der Waals surface area contributed by atoms with Crippen molar-refractivity contribution < 1.29 is 19.6 Å². The number of carbonyl (C=O) groups excluding carboxylic acids is 1. The lowest BCUT2D eigenvalue weighted by Crippen LogP contribution is -2.02. The van der Waals surface area contributed by atoms with Gasteiger partial charge in [-0.25, -0.2) is 4.79 Å². The Morgan fingerprint density at radius 2 is 2.06 bits per heavy atom. The molecule has 0 saturated heterocycles. The molecule has 7 heteroatoms. The maximum atomic E-state index is 10.7. The summed E-state index contributed by atoms with van der Waals surface area (Å²) in [6, 6.07) is 3.54. The molecule has 0 aliphatic rings. The third-order valence-electron chi connectivity index (χ3n) is 2.12. The molecule has 0 heterocycles. The largest absolute Gasteiger partial charge is 0.478 e. The predicted molar refractivity (Wildman–Crippen MR) is 59.2 cm³/mol. The number of nitro groups is 1. The van der Waals surface area contributed by atoms with Gasteiger partial charge in [0.15, 0.2) is 0 Å². The molecule has 1 N–H and O–H groups in total. The molecule has 0 saturated carbocycles. The fraction of sp³-hybridized carbons (Fsp3) is 0.200. The number of nitrogens with zero attached hydrogens (tertiary/aromatic N) is 1. The lowest BCUT2D eigenvalue weighted by Gasteiger charge is -2.02. The highest BCUT2D eigenvalue weighted by Gasteiger charge is 2.17. The lowest BCUT2D eigenvalue weighted by molar-refractivity contribution is -0.385. The summed E-state index contributed by atoms with van der Waals surface area (Å²) in [7, 11) is 0. The molecule has 0 aliphatic heterocycles. The number of hydrogen-bond donors (Lipinski definition) is 1. The molecule has 90 valence electrons. The van der Waals surface area contributed by atoms with Gasteiger partial charge in [0.2, 0.25) is 5.24 Å². The molecule has 0 amide bonds. The van der Waals surface area contributed by atoms with Gasteiger partial charge in [-0.1, -0.05) is 6.07 Å². The fourth-order valence-corrected chi connectivity index (χ4v) is 1.41. The Balaban J connectivity index is 3.08. The first-order valence-corrected chi connectivity index (χ1v) is 4.98. The van der Waals surface area contributed by atoms with Crippen molar-refractivity contribution in [3.63, 3.8) is 0 Å². The van der Waals surface area contributed by atoms with Crippen LogP contribution in [0, 0.1) is 10.1 Å². The van der Waals surface area contributed by atoms with Gasteiger partial charge in [-0.2, -0.15) is 0 Å². The van der Waals surface area contributed by atoms with Crippen molar-refractivity contribution in [1.29, 1.82) is 0 Å². The van der Waals surface area contributed by atoms with E-state index in [4.69, 9.17) is 16.7 Å². The number of rotatable bonds is 5. The summed E-state index contributed by atoms with van der Waals surface area (Å²) in [5.41, 5.74) is -0.200. The third-order valence-corrected chi connectivity index (χ3v) is 2.31. The molecule has 0 atom stereocenters. The van der Waals surface area contributed by atoms with Crippen molar-refractivity contribution in [3.8, 4) is 0 Å². The van der Waals surface area contributed by atoms with Gasteiger partial charge in [0.1, 0.15) is 0 Å². The monoisotopic (exact) mass is 257 g/mol. The topological polar surface area (TPSA) is 97.5 Å². The van der Waals surface area contributed by atoms with Gasteiger partial charge < -0.3 is 5.11 Å². The van der Waals surface area contributed by atoms with E-state index in [1.54, 1.807) is 0 Å². The summed E-state index contributed by atoms with van der Waals surface area (Å²) < 4.78 is 0. The average molecular weight is 258 g/mol. The molecular formula is C10H8ClNO5. The number of carbonyl (C=O) groups is 2. The molecule has 0 aromatic heterocycles. The molecule has 1 aromatic rings. The van der Waals surface area contributed by atoms with Gasteiger partial charge >= 0.3 is 5.97 Å². The number of benzene rings is 1. The van der Waals surface area contributed by atoms with E-state index >= 15 is 0 Å². The van der Waals surface area contributed by atoms with Gasteiger partial charge in [-0.05, 0) is 24.1 Å². The zero-order valence-electron chi connectivity index (χ0n) is 8.55. The SMILES string of the molecule is O=C(Cl)CCc1ccc(C(=O)O)cc1[N+](=O)[O-]. The van der Waals surface area contributed by atoms with E-state index in [9.17, 15) is 19.7 Å². The van der Waals surface area contributed by atoms with Crippen molar-refractivity contribution in [2.45, 2.75) is 12.8 Å². The van der Waals surface area contributed by atoms with Crippen LogP contribution in [0.2, 0.25) is 0 Å². The maximum absolute atomic E-state index is 10.7. The molecule has 0 aliphatic carbocycles. The van der Waals surface area contributed by atoms with Gasteiger partial charge in [0, 0.05) is 18.1 Å². The summed E-state index contributed by atoms with van der Waals surface area (Å²) in [5, 5.41) is 18.8. The summed E-state index contributed by atoms with van der Waals surface area (Å²) in [4.78, 5) is 31.3. The molecule has 0 bridgehead atoms. The van der Waals surface area contributed by atoms with Crippen molar-refractivity contribution >= 4 is 28.5 Å². The second-order valence-electron chi connectivity index (χ2n) is 3.26. The van der Waals surface area contributed by atoms with Crippen LogP contribution in [0.3, 0.4) is 0 Å². The lowest BCUT2D eigenvalue weighted by atomic mass is 10.1. The highest BCUT2D eigenvalue weighted by molar-refractivity contribution is 6.63. The highest BCUT2D eigenvalue weighted by Crippen LogP contribution is 2.22. The zero-order chi connectivity index (χ0) is 13.0. The second-order valence-corrected chi connectivity index (χ2v) is 3.68. The van der Waals surface area contributed by atoms with Gasteiger partial charge in [0.25, 0.3) is 5.69 Å². The minimum atomic E-state index is -1.24. The Morgan fingerprint density at radius 1 is 1.41 bits per heavy atom. The van der Waals surface area contributed by atoms with E-state index in [1.807, 2.05) is 0 Å². The van der Waals surface area contributed by atoms with Gasteiger partial charge in [-0.3, -0.25) is 14.9 Å². The first kappa shape index (κ1) is 13.1. The smallest absolute Gasteiger partial charge is 0.335 e. The van der Waals surface area contributed by atoms with Crippen LogP contribution < -0.4 is 0 Å². The maximum Gasteiger partial charge on any atom is 0.335 e.